The summed E-state index contributed by atoms with van der Waals surface area (Å²) in [7, 11) is 0. The topological polar surface area (TPSA) is 46.8 Å². The van der Waals surface area contributed by atoms with Gasteiger partial charge < -0.3 is 4.90 Å². The Labute approximate surface area is 147 Å². The van der Waals surface area contributed by atoms with E-state index in [1.54, 1.807) is 6.07 Å². The lowest BCUT2D eigenvalue weighted by atomic mass is 9.91. The minimum absolute atomic E-state index is 0.622. The molecule has 136 valence electrons. The van der Waals surface area contributed by atoms with Crippen molar-refractivity contribution in [2.75, 3.05) is 19.6 Å². The van der Waals surface area contributed by atoms with Crippen molar-refractivity contribution in [1.29, 1.82) is 0 Å². The minimum atomic E-state index is -0.773. The van der Waals surface area contributed by atoms with Gasteiger partial charge in [0.05, 0.1) is 0 Å². The van der Waals surface area contributed by atoms with Crippen LogP contribution in [-0.2, 0) is 13.0 Å². The zero-order valence-electron chi connectivity index (χ0n) is 14.7. The smallest absolute Gasteiger partial charge is 0.159 e. The van der Waals surface area contributed by atoms with Gasteiger partial charge in [0.25, 0.3) is 0 Å². The molecule has 1 saturated heterocycles. The highest BCUT2D eigenvalue weighted by Crippen LogP contribution is 2.22. The zero-order chi connectivity index (χ0) is 17.6. The molecule has 7 heteroatoms. The SMILES string of the molecule is Cc1nnnn1CCCN1CCC[C@H](CCc2ccc(F)c(F)c2)C1. The maximum atomic E-state index is 13.3. The number of rotatable bonds is 7. The molecule has 2 aromatic rings. The van der Waals surface area contributed by atoms with Gasteiger partial charge in [0.2, 0.25) is 0 Å². The quantitative estimate of drug-likeness (QED) is 0.771. The van der Waals surface area contributed by atoms with Crippen molar-refractivity contribution < 1.29 is 8.78 Å². The third-order valence-electron chi connectivity index (χ3n) is 4.98. The molecule has 0 unspecified atom stereocenters. The average Bonchev–Trinajstić information content (AvgIpc) is 3.01. The molecule has 5 nitrogen and oxygen atoms in total. The van der Waals surface area contributed by atoms with Crippen molar-refractivity contribution in [3.8, 4) is 0 Å². The van der Waals surface area contributed by atoms with E-state index < -0.39 is 11.6 Å². The second kappa shape index (κ2) is 8.47. The number of halogens is 2. The van der Waals surface area contributed by atoms with Crippen molar-refractivity contribution >= 4 is 0 Å². The summed E-state index contributed by atoms with van der Waals surface area (Å²) in [5.74, 6) is -0.0502. The normalized spacial score (nSPS) is 18.6. The predicted octanol–water partition coefficient (Wildman–Crippen LogP) is 2.99. The summed E-state index contributed by atoms with van der Waals surface area (Å²) in [6, 6.07) is 4.23. The van der Waals surface area contributed by atoms with Gasteiger partial charge in [0.1, 0.15) is 5.82 Å². The van der Waals surface area contributed by atoms with E-state index in [9.17, 15) is 8.78 Å². The van der Waals surface area contributed by atoms with Crippen LogP contribution >= 0.6 is 0 Å². The van der Waals surface area contributed by atoms with Crippen LogP contribution in [-0.4, -0.2) is 44.7 Å². The number of benzene rings is 1. The van der Waals surface area contributed by atoms with Crippen LogP contribution in [0.1, 0.15) is 37.1 Å². The number of nitrogens with zero attached hydrogens (tertiary/aromatic N) is 5. The second-order valence-electron chi connectivity index (χ2n) is 6.90. The van der Waals surface area contributed by atoms with Crippen molar-refractivity contribution in [3.63, 3.8) is 0 Å². The molecule has 25 heavy (non-hydrogen) atoms. The average molecular weight is 349 g/mol. The number of aromatic nitrogens is 4. The van der Waals surface area contributed by atoms with Crippen LogP contribution in [0.15, 0.2) is 18.2 Å². The highest BCUT2D eigenvalue weighted by molar-refractivity contribution is 5.17. The number of aryl methyl sites for hydroxylation is 3. The number of hydrogen-bond donors (Lipinski definition) is 0. The van der Waals surface area contributed by atoms with Gasteiger partial charge in [-0.05, 0) is 86.2 Å². The van der Waals surface area contributed by atoms with Gasteiger partial charge in [-0.1, -0.05) is 6.07 Å². The monoisotopic (exact) mass is 349 g/mol. The molecular weight excluding hydrogens is 324 g/mol. The number of tetrazole rings is 1. The van der Waals surface area contributed by atoms with Crippen LogP contribution in [0.4, 0.5) is 8.78 Å². The Hall–Kier alpha value is -1.89. The van der Waals surface area contributed by atoms with Gasteiger partial charge in [0.15, 0.2) is 11.6 Å². The van der Waals surface area contributed by atoms with E-state index >= 15 is 0 Å². The molecule has 1 atom stereocenters. The summed E-state index contributed by atoms with van der Waals surface area (Å²) in [6.07, 6.45) is 5.27. The molecule has 0 saturated carbocycles. The molecule has 1 aromatic carbocycles. The van der Waals surface area contributed by atoms with E-state index in [1.807, 2.05) is 11.6 Å². The van der Waals surface area contributed by atoms with Gasteiger partial charge in [-0.3, -0.25) is 0 Å². The molecule has 0 radical (unpaired) electrons. The lowest BCUT2D eigenvalue weighted by Crippen LogP contribution is -2.36. The van der Waals surface area contributed by atoms with Crippen LogP contribution < -0.4 is 0 Å². The third kappa shape index (κ3) is 5.04. The van der Waals surface area contributed by atoms with Gasteiger partial charge in [-0.2, -0.15) is 0 Å². The number of likely N-dealkylation sites (tertiary alicyclic amines) is 1. The summed E-state index contributed by atoms with van der Waals surface area (Å²) in [5.41, 5.74) is 0.880. The Kier molecular flexibility index (Phi) is 6.07. The number of piperidine rings is 1. The Morgan fingerprint density at radius 2 is 2.08 bits per heavy atom. The first-order valence-corrected chi connectivity index (χ1v) is 9.01. The molecule has 1 aromatic heterocycles. The Bertz CT molecular complexity index is 688. The summed E-state index contributed by atoms with van der Waals surface area (Å²) in [5, 5.41) is 11.5. The van der Waals surface area contributed by atoms with Crippen LogP contribution in [0.5, 0.6) is 0 Å². The molecule has 1 fully saturated rings. The van der Waals surface area contributed by atoms with Gasteiger partial charge >= 0.3 is 0 Å². The highest BCUT2D eigenvalue weighted by atomic mass is 19.2. The first-order valence-electron chi connectivity index (χ1n) is 9.01. The maximum Gasteiger partial charge on any atom is 0.159 e. The van der Waals surface area contributed by atoms with E-state index in [0.29, 0.717) is 5.92 Å². The molecule has 1 aliphatic rings. The molecule has 2 heterocycles. The highest BCUT2D eigenvalue weighted by Gasteiger charge is 2.19. The first-order chi connectivity index (χ1) is 12.1. The minimum Gasteiger partial charge on any atom is -0.303 e. The second-order valence-corrected chi connectivity index (χ2v) is 6.90. The molecule has 0 N–H and O–H groups in total. The Morgan fingerprint density at radius 3 is 2.84 bits per heavy atom. The van der Waals surface area contributed by atoms with Crippen molar-refractivity contribution in [3.05, 3.63) is 41.2 Å². The fourth-order valence-electron chi connectivity index (χ4n) is 3.56. The van der Waals surface area contributed by atoms with Crippen molar-refractivity contribution in [2.45, 2.75) is 45.6 Å². The number of hydrogen-bond acceptors (Lipinski definition) is 4. The van der Waals surface area contributed by atoms with E-state index in [-0.39, 0.29) is 0 Å². The van der Waals surface area contributed by atoms with Crippen LogP contribution in [0.2, 0.25) is 0 Å². The van der Waals surface area contributed by atoms with Crippen molar-refractivity contribution in [1.82, 2.24) is 25.1 Å². The Morgan fingerprint density at radius 1 is 1.20 bits per heavy atom. The molecule has 0 bridgehead atoms. The summed E-state index contributed by atoms with van der Waals surface area (Å²) >= 11 is 0. The van der Waals surface area contributed by atoms with Crippen LogP contribution in [0.3, 0.4) is 0 Å². The summed E-state index contributed by atoms with van der Waals surface area (Å²) < 4.78 is 28.1. The lowest BCUT2D eigenvalue weighted by molar-refractivity contribution is 0.164. The fourth-order valence-corrected chi connectivity index (χ4v) is 3.56. The molecule has 1 aliphatic heterocycles. The molecular formula is C18H25F2N5. The Balaban J connectivity index is 1.41. The maximum absolute atomic E-state index is 13.3. The van der Waals surface area contributed by atoms with Crippen LogP contribution in [0.25, 0.3) is 0 Å². The third-order valence-corrected chi connectivity index (χ3v) is 4.98. The van der Waals surface area contributed by atoms with E-state index in [4.69, 9.17) is 0 Å². The summed E-state index contributed by atoms with van der Waals surface area (Å²) in [4.78, 5) is 2.50. The molecule has 3 rings (SSSR count). The van der Waals surface area contributed by atoms with E-state index in [1.165, 1.54) is 25.0 Å². The molecule has 0 aliphatic carbocycles. The molecule has 0 spiro atoms. The van der Waals surface area contributed by atoms with E-state index in [2.05, 4.69) is 20.4 Å². The van der Waals surface area contributed by atoms with Crippen molar-refractivity contribution in [2.24, 2.45) is 5.92 Å². The van der Waals surface area contributed by atoms with Gasteiger partial charge in [-0.25, -0.2) is 13.5 Å². The van der Waals surface area contributed by atoms with Crippen LogP contribution in [0, 0.1) is 24.5 Å². The van der Waals surface area contributed by atoms with Gasteiger partial charge in [-0.15, -0.1) is 5.10 Å². The van der Waals surface area contributed by atoms with Gasteiger partial charge in [0, 0.05) is 13.1 Å². The predicted molar refractivity (Wildman–Crippen MR) is 91.0 cm³/mol. The zero-order valence-corrected chi connectivity index (χ0v) is 14.7. The lowest BCUT2D eigenvalue weighted by Gasteiger charge is -2.32. The van der Waals surface area contributed by atoms with E-state index in [0.717, 1.165) is 56.8 Å². The molecule has 0 amide bonds. The first kappa shape index (κ1) is 17.9. The summed E-state index contributed by atoms with van der Waals surface area (Å²) in [6.45, 7) is 6.01. The fraction of sp³-hybridized carbons (Fsp3) is 0.611. The largest absolute Gasteiger partial charge is 0.303 e. The standard InChI is InChI=1S/C18H25F2N5/c1-14-21-22-23-25(14)11-3-10-24-9-2-4-16(13-24)6-5-15-7-8-17(19)18(20)12-15/h7-8,12,16H,2-6,9-11,13H2,1H3/t16-/m1/s1.